The fourth-order valence-electron chi connectivity index (χ4n) is 2.12. The van der Waals surface area contributed by atoms with E-state index in [2.05, 4.69) is 47.3 Å². The largest absolute Gasteiger partial charge is 0.306 e. The molecule has 7 heteroatoms. The lowest BCUT2D eigenvalue weighted by Gasteiger charge is -2.09. The Labute approximate surface area is 150 Å². The van der Waals surface area contributed by atoms with Crippen LogP contribution in [0, 0.1) is 6.92 Å². The van der Waals surface area contributed by atoms with Crippen molar-refractivity contribution in [2.75, 3.05) is 5.32 Å². The number of anilines is 1. The number of nitrogens with zero attached hydrogens (tertiary/aromatic N) is 3. The third-order valence-corrected chi connectivity index (χ3v) is 4.02. The Morgan fingerprint density at radius 2 is 1.96 bits per heavy atom. The van der Waals surface area contributed by atoms with E-state index >= 15 is 0 Å². The molecule has 1 amide bonds. The zero-order valence-electron chi connectivity index (χ0n) is 12.1. The maximum absolute atomic E-state index is 12.4. The lowest BCUT2D eigenvalue weighted by Crippen LogP contribution is -2.15. The monoisotopic (exact) mass is 434 g/mol. The van der Waals surface area contributed by atoms with Gasteiger partial charge in [-0.3, -0.25) is 9.78 Å². The SMILES string of the molecule is Cc1cc(NC(=O)c2cncc(Br)c2)n(-c2cccc(Br)c2)n1. The summed E-state index contributed by atoms with van der Waals surface area (Å²) in [5.41, 5.74) is 2.14. The minimum Gasteiger partial charge on any atom is -0.306 e. The third kappa shape index (κ3) is 3.68. The molecule has 0 aliphatic rings. The van der Waals surface area contributed by atoms with Gasteiger partial charge in [-0.05, 0) is 47.1 Å². The molecule has 0 bridgehead atoms. The van der Waals surface area contributed by atoms with E-state index in [1.807, 2.05) is 37.3 Å². The Kier molecular flexibility index (Phi) is 4.58. The third-order valence-electron chi connectivity index (χ3n) is 3.09. The van der Waals surface area contributed by atoms with Crippen molar-refractivity contribution in [1.29, 1.82) is 0 Å². The summed E-state index contributed by atoms with van der Waals surface area (Å²) in [6, 6.07) is 11.3. The number of benzene rings is 1. The van der Waals surface area contributed by atoms with Gasteiger partial charge >= 0.3 is 0 Å². The molecule has 3 rings (SSSR count). The molecule has 0 aliphatic carbocycles. The molecule has 116 valence electrons. The number of carbonyl (C=O) groups excluding carboxylic acids is 1. The number of amides is 1. The van der Waals surface area contributed by atoms with E-state index < -0.39 is 0 Å². The zero-order valence-corrected chi connectivity index (χ0v) is 15.3. The van der Waals surface area contributed by atoms with Crippen LogP contribution in [0.3, 0.4) is 0 Å². The first-order valence-electron chi connectivity index (χ1n) is 6.77. The van der Waals surface area contributed by atoms with Crippen molar-refractivity contribution in [3.8, 4) is 5.69 Å². The molecule has 0 radical (unpaired) electrons. The summed E-state index contributed by atoms with van der Waals surface area (Å²) in [5.74, 6) is 0.362. The van der Waals surface area contributed by atoms with Gasteiger partial charge < -0.3 is 5.32 Å². The first-order valence-corrected chi connectivity index (χ1v) is 8.36. The Bertz CT molecular complexity index is 876. The van der Waals surface area contributed by atoms with Gasteiger partial charge in [0.1, 0.15) is 5.82 Å². The molecule has 0 saturated carbocycles. The highest BCUT2D eigenvalue weighted by Crippen LogP contribution is 2.21. The van der Waals surface area contributed by atoms with Gasteiger partial charge in [-0.2, -0.15) is 5.10 Å². The summed E-state index contributed by atoms with van der Waals surface area (Å²) < 4.78 is 3.39. The van der Waals surface area contributed by atoms with E-state index in [9.17, 15) is 4.79 Å². The summed E-state index contributed by atoms with van der Waals surface area (Å²) in [6.45, 7) is 1.88. The second kappa shape index (κ2) is 6.64. The number of rotatable bonds is 3. The molecule has 0 fully saturated rings. The highest BCUT2D eigenvalue weighted by Gasteiger charge is 2.13. The van der Waals surface area contributed by atoms with Gasteiger partial charge in [-0.15, -0.1) is 0 Å². The minimum absolute atomic E-state index is 0.241. The smallest absolute Gasteiger partial charge is 0.258 e. The van der Waals surface area contributed by atoms with Gasteiger partial charge in [0.05, 0.1) is 16.9 Å². The summed E-state index contributed by atoms with van der Waals surface area (Å²) >= 11 is 6.76. The zero-order chi connectivity index (χ0) is 16.4. The van der Waals surface area contributed by atoms with E-state index in [1.165, 1.54) is 6.20 Å². The van der Waals surface area contributed by atoms with Crippen LogP contribution >= 0.6 is 31.9 Å². The van der Waals surface area contributed by atoms with Crippen molar-refractivity contribution in [3.05, 3.63) is 69.0 Å². The molecular weight excluding hydrogens is 424 g/mol. The number of carbonyl (C=O) groups is 1. The van der Waals surface area contributed by atoms with Gasteiger partial charge in [0.25, 0.3) is 5.91 Å². The number of hydrogen-bond donors (Lipinski definition) is 1. The van der Waals surface area contributed by atoms with E-state index in [1.54, 1.807) is 16.9 Å². The van der Waals surface area contributed by atoms with Crippen LogP contribution in [-0.4, -0.2) is 20.7 Å². The van der Waals surface area contributed by atoms with Crippen molar-refractivity contribution in [3.63, 3.8) is 0 Å². The molecule has 23 heavy (non-hydrogen) atoms. The number of aromatic nitrogens is 3. The molecule has 0 aliphatic heterocycles. The summed E-state index contributed by atoms with van der Waals surface area (Å²) in [4.78, 5) is 16.4. The molecule has 0 spiro atoms. The maximum Gasteiger partial charge on any atom is 0.258 e. The van der Waals surface area contributed by atoms with Crippen LogP contribution in [-0.2, 0) is 0 Å². The number of hydrogen-bond acceptors (Lipinski definition) is 3. The molecule has 2 aromatic heterocycles. The van der Waals surface area contributed by atoms with E-state index in [4.69, 9.17) is 0 Å². The molecule has 3 aromatic rings. The topological polar surface area (TPSA) is 59.8 Å². The van der Waals surface area contributed by atoms with E-state index in [-0.39, 0.29) is 5.91 Å². The molecule has 1 N–H and O–H groups in total. The molecule has 0 saturated heterocycles. The van der Waals surface area contributed by atoms with Crippen molar-refractivity contribution in [2.24, 2.45) is 0 Å². The van der Waals surface area contributed by atoms with Gasteiger partial charge in [0.2, 0.25) is 0 Å². The Balaban J connectivity index is 1.93. The van der Waals surface area contributed by atoms with Gasteiger partial charge in [0, 0.05) is 27.4 Å². The van der Waals surface area contributed by atoms with E-state index in [0.717, 1.165) is 20.3 Å². The summed E-state index contributed by atoms with van der Waals surface area (Å²) in [6.07, 6.45) is 3.15. The minimum atomic E-state index is -0.241. The van der Waals surface area contributed by atoms with E-state index in [0.29, 0.717) is 11.4 Å². The Morgan fingerprint density at radius 1 is 1.13 bits per heavy atom. The second-order valence-electron chi connectivity index (χ2n) is 4.91. The number of pyridine rings is 1. The van der Waals surface area contributed by atoms with Crippen LogP contribution in [0.1, 0.15) is 16.1 Å². The fraction of sp³-hybridized carbons (Fsp3) is 0.0625. The number of nitrogens with one attached hydrogen (secondary N) is 1. The summed E-state index contributed by atoms with van der Waals surface area (Å²) in [5, 5.41) is 7.32. The van der Waals surface area contributed by atoms with Crippen LogP contribution in [0.5, 0.6) is 0 Å². The van der Waals surface area contributed by atoms with Gasteiger partial charge in [0.15, 0.2) is 0 Å². The molecule has 5 nitrogen and oxygen atoms in total. The molecule has 0 unspecified atom stereocenters. The normalized spacial score (nSPS) is 10.6. The summed E-state index contributed by atoms with van der Waals surface area (Å²) in [7, 11) is 0. The molecule has 2 heterocycles. The first-order chi connectivity index (χ1) is 11.0. The molecule has 0 atom stereocenters. The average molecular weight is 436 g/mol. The molecule has 1 aromatic carbocycles. The lowest BCUT2D eigenvalue weighted by atomic mass is 10.2. The van der Waals surface area contributed by atoms with Crippen LogP contribution in [0.15, 0.2) is 57.7 Å². The van der Waals surface area contributed by atoms with Crippen molar-refractivity contribution < 1.29 is 4.79 Å². The Morgan fingerprint density at radius 3 is 2.70 bits per heavy atom. The van der Waals surface area contributed by atoms with Crippen LogP contribution in [0.25, 0.3) is 5.69 Å². The van der Waals surface area contributed by atoms with Gasteiger partial charge in [-0.1, -0.05) is 22.0 Å². The predicted molar refractivity (Wildman–Crippen MR) is 95.9 cm³/mol. The quantitative estimate of drug-likeness (QED) is 0.665. The lowest BCUT2D eigenvalue weighted by molar-refractivity contribution is 0.102. The molecular formula is C16H12Br2N4O. The van der Waals surface area contributed by atoms with Crippen molar-refractivity contribution >= 4 is 43.6 Å². The number of halogens is 2. The highest BCUT2D eigenvalue weighted by atomic mass is 79.9. The highest BCUT2D eigenvalue weighted by molar-refractivity contribution is 9.10. The second-order valence-corrected chi connectivity index (χ2v) is 6.74. The average Bonchev–Trinajstić information content (AvgIpc) is 2.88. The van der Waals surface area contributed by atoms with Crippen LogP contribution in [0.4, 0.5) is 5.82 Å². The number of aryl methyl sites for hydroxylation is 1. The fourth-order valence-corrected chi connectivity index (χ4v) is 2.87. The van der Waals surface area contributed by atoms with Gasteiger partial charge in [-0.25, -0.2) is 4.68 Å². The maximum atomic E-state index is 12.4. The van der Waals surface area contributed by atoms with Crippen molar-refractivity contribution in [1.82, 2.24) is 14.8 Å². The first kappa shape index (κ1) is 15.9. The van der Waals surface area contributed by atoms with Crippen molar-refractivity contribution in [2.45, 2.75) is 6.92 Å². The standard InChI is InChI=1S/C16H12Br2N4O/c1-10-5-15(20-16(23)11-6-13(18)9-19-8-11)22(21-10)14-4-2-3-12(17)7-14/h2-9H,1H3,(H,20,23). The van der Waals surface area contributed by atoms with Crippen LogP contribution in [0.2, 0.25) is 0 Å². The Hall–Kier alpha value is -1.99. The predicted octanol–water partition coefficient (Wildman–Crippen LogP) is 4.35. The van der Waals surface area contributed by atoms with Crippen LogP contribution < -0.4 is 5.32 Å².